The first-order chi connectivity index (χ1) is 15.1. The van der Waals surface area contributed by atoms with Gasteiger partial charge < -0.3 is 9.64 Å². The molecular weight excluding hydrogens is 404 g/mol. The Kier molecular flexibility index (Phi) is 7.47. The van der Waals surface area contributed by atoms with Crippen LogP contribution in [0.1, 0.15) is 21.6 Å². The second-order valence-electron chi connectivity index (χ2n) is 6.25. The standard InChI is InChI=1S/C22H19F2N5O2/c1-25-28-21(31-15-20(23)24)17-7-8-18(27-13-17)14-29(19-5-3-2-4-6-19)22(30)16-9-11-26-12-10-16/h2-13,20H,1,14-15H2/b28-21-. The van der Waals surface area contributed by atoms with Crippen LogP contribution in [0.15, 0.2) is 83.4 Å². The SMILES string of the molecule is C=N/N=C(\OCC(F)F)c1ccc(CN(C(=O)c2ccncc2)c2ccccc2)nc1. The van der Waals surface area contributed by atoms with Crippen molar-refractivity contribution >= 4 is 24.2 Å². The zero-order valence-corrected chi connectivity index (χ0v) is 16.4. The van der Waals surface area contributed by atoms with E-state index in [2.05, 4.69) is 26.9 Å². The van der Waals surface area contributed by atoms with Gasteiger partial charge in [-0.05, 0) is 36.4 Å². The summed E-state index contributed by atoms with van der Waals surface area (Å²) in [7, 11) is 0. The highest BCUT2D eigenvalue weighted by molar-refractivity contribution is 6.05. The molecule has 2 heterocycles. The number of amides is 1. The number of hydrogen-bond donors (Lipinski definition) is 0. The number of benzene rings is 1. The molecule has 3 aromatic rings. The number of carbonyl (C=O) groups excluding carboxylic acids is 1. The van der Waals surface area contributed by atoms with Crippen molar-refractivity contribution in [1.29, 1.82) is 0 Å². The summed E-state index contributed by atoms with van der Waals surface area (Å²) in [5.74, 6) is -0.319. The molecule has 0 spiro atoms. The third-order valence-corrected chi connectivity index (χ3v) is 4.14. The fraction of sp³-hybridized carbons (Fsp3) is 0.136. The van der Waals surface area contributed by atoms with Gasteiger partial charge in [0.25, 0.3) is 12.3 Å². The van der Waals surface area contributed by atoms with Crippen molar-refractivity contribution in [2.24, 2.45) is 10.2 Å². The Labute approximate surface area is 177 Å². The highest BCUT2D eigenvalue weighted by Crippen LogP contribution is 2.19. The maximum absolute atomic E-state index is 13.1. The number of alkyl halides is 2. The number of pyridine rings is 2. The van der Waals surface area contributed by atoms with Gasteiger partial charge in [-0.25, -0.2) is 8.78 Å². The minimum Gasteiger partial charge on any atom is -0.470 e. The summed E-state index contributed by atoms with van der Waals surface area (Å²) in [6.45, 7) is 2.59. The lowest BCUT2D eigenvalue weighted by Crippen LogP contribution is -2.30. The summed E-state index contributed by atoms with van der Waals surface area (Å²) >= 11 is 0. The van der Waals surface area contributed by atoms with Crippen molar-refractivity contribution in [3.63, 3.8) is 0 Å². The maximum Gasteiger partial charge on any atom is 0.272 e. The van der Waals surface area contributed by atoms with Crippen LogP contribution >= 0.6 is 0 Å². The summed E-state index contributed by atoms with van der Waals surface area (Å²) in [6, 6.07) is 15.7. The average Bonchev–Trinajstić information content (AvgIpc) is 2.81. The first kappa shape index (κ1) is 21.7. The van der Waals surface area contributed by atoms with E-state index < -0.39 is 13.0 Å². The number of ether oxygens (including phenoxy) is 1. The monoisotopic (exact) mass is 423 g/mol. The van der Waals surface area contributed by atoms with Gasteiger partial charge in [0.1, 0.15) is 0 Å². The van der Waals surface area contributed by atoms with Crippen LogP contribution in [0.25, 0.3) is 0 Å². The number of anilines is 1. The van der Waals surface area contributed by atoms with Gasteiger partial charge in [-0.1, -0.05) is 18.2 Å². The van der Waals surface area contributed by atoms with Gasteiger partial charge in [0.05, 0.1) is 17.8 Å². The van der Waals surface area contributed by atoms with E-state index >= 15 is 0 Å². The summed E-state index contributed by atoms with van der Waals surface area (Å²) in [4.78, 5) is 23.0. The molecule has 158 valence electrons. The lowest BCUT2D eigenvalue weighted by Gasteiger charge is -2.22. The van der Waals surface area contributed by atoms with Gasteiger partial charge >= 0.3 is 0 Å². The van der Waals surface area contributed by atoms with Crippen LogP contribution in [0.2, 0.25) is 0 Å². The Balaban J connectivity index is 1.84. The number of para-hydroxylation sites is 1. The zero-order chi connectivity index (χ0) is 22.1. The number of rotatable bonds is 8. The van der Waals surface area contributed by atoms with E-state index in [0.29, 0.717) is 22.5 Å². The quantitative estimate of drug-likeness (QED) is 0.312. The number of halogens is 2. The molecule has 31 heavy (non-hydrogen) atoms. The molecule has 7 nitrogen and oxygen atoms in total. The van der Waals surface area contributed by atoms with E-state index in [0.717, 1.165) is 0 Å². The van der Waals surface area contributed by atoms with Crippen LogP contribution in [0.4, 0.5) is 14.5 Å². The predicted molar refractivity (Wildman–Crippen MR) is 113 cm³/mol. The maximum atomic E-state index is 13.1. The number of aromatic nitrogens is 2. The molecule has 0 N–H and O–H groups in total. The Hall–Kier alpha value is -4.01. The number of nitrogens with zero attached hydrogens (tertiary/aromatic N) is 5. The smallest absolute Gasteiger partial charge is 0.272 e. The van der Waals surface area contributed by atoms with E-state index in [1.165, 1.54) is 6.20 Å². The molecule has 0 fully saturated rings. The van der Waals surface area contributed by atoms with E-state index in [-0.39, 0.29) is 18.3 Å². The van der Waals surface area contributed by atoms with E-state index in [4.69, 9.17) is 4.74 Å². The first-order valence-electron chi connectivity index (χ1n) is 9.25. The average molecular weight is 423 g/mol. The normalized spacial score (nSPS) is 11.3. The molecule has 1 amide bonds. The molecule has 9 heteroatoms. The molecule has 0 radical (unpaired) electrons. The predicted octanol–water partition coefficient (Wildman–Crippen LogP) is 3.97. The molecule has 0 aliphatic heterocycles. The lowest BCUT2D eigenvalue weighted by atomic mass is 10.2. The van der Waals surface area contributed by atoms with Crippen molar-refractivity contribution in [3.8, 4) is 0 Å². The second-order valence-corrected chi connectivity index (χ2v) is 6.25. The van der Waals surface area contributed by atoms with Crippen molar-refractivity contribution < 1.29 is 18.3 Å². The summed E-state index contributed by atoms with van der Waals surface area (Å²) in [6.07, 6.45) is 1.88. The minimum atomic E-state index is -2.65. The molecule has 2 aromatic heterocycles. The molecule has 0 aliphatic rings. The van der Waals surface area contributed by atoms with Crippen molar-refractivity contribution in [2.75, 3.05) is 11.5 Å². The van der Waals surface area contributed by atoms with Crippen molar-refractivity contribution in [1.82, 2.24) is 9.97 Å². The summed E-state index contributed by atoms with van der Waals surface area (Å²) < 4.78 is 29.9. The van der Waals surface area contributed by atoms with Crippen LogP contribution in [0, 0.1) is 0 Å². The fourth-order valence-electron chi connectivity index (χ4n) is 2.72. The van der Waals surface area contributed by atoms with Gasteiger partial charge in [0, 0.05) is 36.6 Å². The fourth-order valence-corrected chi connectivity index (χ4v) is 2.72. The van der Waals surface area contributed by atoms with Gasteiger partial charge in [-0.2, -0.15) is 5.10 Å². The van der Waals surface area contributed by atoms with E-state index in [9.17, 15) is 13.6 Å². The third kappa shape index (κ3) is 5.99. The van der Waals surface area contributed by atoms with Crippen LogP contribution in [0.5, 0.6) is 0 Å². The van der Waals surface area contributed by atoms with Gasteiger partial charge in [-0.15, -0.1) is 5.10 Å². The molecule has 0 saturated heterocycles. The summed E-state index contributed by atoms with van der Waals surface area (Å²) in [5, 5.41) is 6.98. The minimum absolute atomic E-state index is 0.109. The third-order valence-electron chi connectivity index (χ3n) is 4.14. The lowest BCUT2D eigenvalue weighted by molar-refractivity contribution is 0.0765. The molecule has 0 atom stereocenters. The zero-order valence-electron chi connectivity index (χ0n) is 16.4. The molecule has 0 bridgehead atoms. The Morgan fingerprint density at radius 2 is 1.81 bits per heavy atom. The highest BCUT2D eigenvalue weighted by Gasteiger charge is 2.19. The topological polar surface area (TPSA) is 80.0 Å². The van der Waals surface area contributed by atoms with Crippen LogP contribution in [-0.2, 0) is 11.3 Å². The Morgan fingerprint density at radius 1 is 1.06 bits per heavy atom. The van der Waals surface area contributed by atoms with Crippen molar-refractivity contribution in [3.05, 3.63) is 90.0 Å². The highest BCUT2D eigenvalue weighted by atomic mass is 19.3. The molecule has 0 unspecified atom stereocenters. The largest absolute Gasteiger partial charge is 0.470 e. The molecule has 0 saturated carbocycles. The van der Waals surface area contributed by atoms with Crippen LogP contribution in [0.3, 0.4) is 0 Å². The van der Waals surface area contributed by atoms with E-state index in [1.54, 1.807) is 41.6 Å². The molecule has 3 rings (SSSR count). The Bertz CT molecular complexity index is 1030. The molecular formula is C22H19F2N5O2. The van der Waals surface area contributed by atoms with Crippen LogP contribution < -0.4 is 4.90 Å². The van der Waals surface area contributed by atoms with E-state index in [1.807, 2.05) is 30.3 Å². The van der Waals surface area contributed by atoms with Gasteiger partial charge in [-0.3, -0.25) is 14.8 Å². The number of carbonyl (C=O) groups is 1. The first-order valence-corrected chi connectivity index (χ1v) is 9.25. The van der Waals surface area contributed by atoms with Crippen molar-refractivity contribution in [2.45, 2.75) is 13.0 Å². The van der Waals surface area contributed by atoms with Crippen LogP contribution in [-0.4, -0.2) is 41.5 Å². The molecule has 1 aromatic carbocycles. The number of hydrogen-bond acceptors (Lipinski definition) is 6. The molecule has 0 aliphatic carbocycles. The summed E-state index contributed by atoms with van der Waals surface area (Å²) in [5.41, 5.74) is 2.13. The Morgan fingerprint density at radius 3 is 2.42 bits per heavy atom. The second kappa shape index (κ2) is 10.7. The van der Waals surface area contributed by atoms with Gasteiger partial charge in [0.15, 0.2) is 6.61 Å². The van der Waals surface area contributed by atoms with Gasteiger partial charge in [0.2, 0.25) is 5.90 Å².